The molecule has 4 amide bonds. The lowest BCUT2D eigenvalue weighted by Gasteiger charge is -2.32. The SMILES string of the molecule is CCCCCCN1C(=O)CC(=O)N(CCCCCC)C1=O. The fourth-order valence-corrected chi connectivity index (χ4v) is 2.51. The third kappa shape index (κ3) is 5.48. The first kappa shape index (κ1) is 17.7. The number of barbiturate groups is 1. The van der Waals surface area contributed by atoms with E-state index < -0.39 is 6.03 Å². The van der Waals surface area contributed by atoms with Gasteiger partial charge in [-0.05, 0) is 12.8 Å². The summed E-state index contributed by atoms with van der Waals surface area (Å²) in [5, 5.41) is 0. The second kappa shape index (κ2) is 9.53. The third-order valence-corrected chi connectivity index (χ3v) is 3.84. The summed E-state index contributed by atoms with van der Waals surface area (Å²) >= 11 is 0. The summed E-state index contributed by atoms with van der Waals surface area (Å²) < 4.78 is 0. The summed E-state index contributed by atoms with van der Waals surface area (Å²) in [6, 6.07) is -0.413. The standard InChI is InChI=1S/C16H28N2O3/c1-3-5-7-9-11-17-14(19)13-15(20)18(16(17)21)12-10-8-6-4-2/h3-13H2,1-2H3. The Morgan fingerprint density at radius 3 is 1.52 bits per heavy atom. The van der Waals surface area contributed by atoms with Crippen molar-refractivity contribution in [2.24, 2.45) is 0 Å². The van der Waals surface area contributed by atoms with Gasteiger partial charge in [0, 0.05) is 13.1 Å². The lowest BCUT2D eigenvalue weighted by molar-refractivity contribution is -0.142. The van der Waals surface area contributed by atoms with Gasteiger partial charge in [-0.15, -0.1) is 0 Å². The molecule has 0 aliphatic carbocycles. The fourth-order valence-electron chi connectivity index (χ4n) is 2.51. The highest BCUT2D eigenvalue weighted by molar-refractivity contribution is 6.14. The molecule has 0 radical (unpaired) electrons. The van der Waals surface area contributed by atoms with Crippen LogP contribution >= 0.6 is 0 Å². The van der Waals surface area contributed by atoms with Crippen molar-refractivity contribution in [1.29, 1.82) is 0 Å². The van der Waals surface area contributed by atoms with Crippen LogP contribution in [-0.4, -0.2) is 40.7 Å². The van der Waals surface area contributed by atoms with Gasteiger partial charge in [0.1, 0.15) is 6.42 Å². The van der Waals surface area contributed by atoms with E-state index in [1.54, 1.807) is 0 Å². The highest BCUT2D eigenvalue weighted by Crippen LogP contribution is 2.15. The number of carbonyl (C=O) groups is 3. The Hall–Kier alpha value is -1.39. The Kier molecular flexibility index (Phi) is 8.01. The summed E-state index contributed by atoms with van der Waals surface area (Å²) in [7, 11) is 0. The lowest BCUT2D eigenvalue weighted by atomic mass is 10.1. The number of hydrogen-bond acceptors (Lipinski definition) is 3. The van der Waals surface area contributed by atoms with Crippen LogP contribution in [0.15, 0.2) is 0 Å². The summed E-state index contributed by atoms with van der Waals surface area (Å²) in [5.41, 5.74) is 0. The monoisotopic (exact) mass is 296 g/mol. The van der Waals surface area contributed by atoms with Gasteiger partial charge in [0.05, 0.1) is 0 Å². The molecule has 21 heavy (non-hydrogen) atoms. The number of imide groups is 2. The highest BCUT2D eigenvalue weighted by atomic mass is 16.2. The van der Waals surface area contributed by atoms with Crippen molar-refractivity contribution in [2.75, 3.05) is 13.1 Å². The van der Waals surface area contributed by atoms with Crippen molar-refractivity contribution >= 4 is 17.8 Å². The molecule has 1 fully saturated rings. The first-order valence-electron chi connectivity index (χ1n) is 8.26. The van der Waals surface area contributed by atoms with Gasteiger partial charge in [-0.1, -0.05) is 52.4 Å². The van der Waals surface area contributed by atoms with Crippen LogP contribution in [0.1, 0.15) is 71.6 Å². The number of rotatable bonds is 10. The zero-order valence-electron chi connectivity index (χ0n) is 13.4. The molecular formula is C16H28N2O3. The van der Waals surface area contributed by atoms with Crippen LogP contribution in [0, 0.1) is 0 Å². The maximum atomic E-state index is 12.3. The summed E-state index contributed by atoms with van der Waals surface area (Å²) in [6.45, 7) is 5.12. The van der Waals surface area contributed by atoms with E-state index in [0.717, 1.165) is 51.4 Å². The van der Waals surface area contributed by atoms with Crippen LogP contribution < -0.4 is 0 Å². The van der Waals surface area contributed by atoms with Crippen molar-refractivity contribution < 1.29 is 14.4 Å². The molecule has 1 saturated heterocycles. The first-order chi connectivity index (χ1) is 10.1. The Labute approximate surface area is 127 Å². The molecule has 0 unspecified atom stereocenters. The zero-order valence-corrected chi connectivity index (χ0v) is 13.4. The molecule has 0 spiro atoms. The van der Waals surface area contributed by atoms with Gasteiger partial charge in [0.15, 0.2) is 0 Å². The van der Waals surface area contributed by atoms with Crippen molar-refractivity contribution in [3.05, 3.63) is 0 Å². The molecule has 5 heteroatoms. The van der Waals surface area contributed by atoms with Crippen LogP contribution in [0.25, 0.3) is 0 Å². The predicted molar refractivity (Wildman–Crippen MR) is 81.7 cm³/mol. The minimum absolute atomic E-state index is 0.159. The van der Waals surface area contributed by atoms with Crippen molar-refractivity contribution in [3.8, 4) is 0 Å². The number of carbonyl (C=O) groups excluding carboxylic acids is 3. The van der Waals surface area contributed by atoms with Crippen LogP contribution in [0.4, 0.5) is 4.79 Å². The molecule has 0 aromatic carbocycles. The molecule has 0 aromatic rings. The van der Waals surface area contributed by atoms with Crippen LogP contribution in [0.3, 0.4) is 0 Å². The van der Waals surface area contributed by atoms with E-state index in [-0.39, 0.29) is 18.2 Å². The smallest absolute Gasteiger partial charge is 0.274 e. The average molecular weight is 296 g/mol. The van der Waals surface area contributed by atoms with Crippen LogP contribution in [0.2, 0.25) is 0 Å². The molecule has 0 bridgehead atoms. The molecule has 5 nitrogen and oxygen atoms in total. The quantitative estimate of drug-likeness (QED) is 0.459. The van der Waals surface area contributed by atoms with Gasteiger partial charge in [-0.3, -0.25) is 19.4 Å². The minimum atomic E-state index is -0.413. The van der Waals surface area contributed by atoms with E-state index in [4.69, 9.17) is 0 Å². The van der Waals surface area contributed by atoms with Gasteiger partial charge in [0.2, 0.25) is 11.8 Å². The molecule has 1 aliphatic heterocycles. The molecule has 0 atom stereocenters. The van der Waals surface area contributed by atoms with Gasteiger partial charge in [0.25, 0.3) is 0 Å². The predicted octanol–water partition coefficient (Wildman–Crippen LogP) is 3.33. The number of urea groups is 1. The van der Waals surface area contributed by atoms with Gasteiger partial charge < -0.3 is 0 Å². The fraction of sp³-hybridized carbons (Fsp3) is 0.812. The summed E-state index contributed by atoms with van der Waals surface area (Å²) in [6.07, 6.45) is 7.95. The molecular weight excluding hydrogens is 268 g/mol. The van der Waals surface area contributed by atoms with Gasteiger partial charge in [-0.2, -0.15) is 0 Å². The molecule has 0 N–H and O–H groups in total. The second-order valence-corrected chi connectivity index (χ2v) is 5.67. The Bertz CT molecular complexity index is 337. The molecule has 1 rings (SSSR count). The highest BCUT2D eigenvalue weighted by Gasteiger charge is 2.36. The Balaban J connectivity index is 2.49. The Morgan fingerprint density at radius 1 is 0.714 bits per heavy atom. The first-order valence-corrected chi connectivity index (χ1v) is 8.26. The molecule has 1 aliphatic rings. The van der Waals surface area contributed by atoms with Crippen molar-refractivity contribution in [3.63, 3.8) is 0 Å². The van der Waals surface area contributed by atoms with Crippen LogP contribution in [0.5, 0.6) is 0 Å². The van der Waals surface area contributed by atoms with E-state index in [1.165, 1.54) is 9.80 Å². The molecule has 120 valence electrons. The molecule has 0 aromatic heterocycles. The number of unbranched alkanes of at least 4 members (excludes halogenated alkanes) is 6. The van der Waals surface area contributed by atoms with Gasteiger partial charge >= 0.3 is 6.03 Å². The largest absolute Gasteiger partial charge is 0.333 e. The zero-order chi connectivity index (χ0) is 15.7. The average Bonchev–Trinajstić information content (AvgIpc) is 2.45. The minimum Gasteiger partial charge on any atom is -0.274 e. The third-order valence-electron chi connectivity index (χ3n) is 3.84. The van der Waals surface area contributed by atoms with Gasteiger partial charge in [-0.25, -0.2) is 4.79 Å². The van der Waals surface area contributed by atoms with E-state index in [0.29, 0.717) is 13.1 Å². The lowest BCUT2D eigenvalue weighted by Crippen LogP contribution is -2.55. The van der Waals surface area contributed by atoms with Crippen molar-refractivity contribution in [1.82, 2.24) is 9.80 Å². The molecule has 1 heterocycles. The van der Waals surface area contributed by atoms with E-state index in [1.807, 2.05) is 0 Å². The van der Waals surface area contributed by atoms with Crippen LogP contribution in [-0.2, 0) is 9.59 Å². The summed E-state index contributed by atoms with van der Waals surface area (Å²) in [5.74, 6) is -0.683. The number of amides is 4. The number of hydrogen-bond donors (Lipinski definition) is 0. The normalized spacial score (nSPS) is 16.0. The van der Waals surface area contributed by atoms with Crippen molar-refractivity contribution in [2.45, 2.75) is 71.6 Å². The van der Waals surface area contributed by atoms with E-state index in [9.17, 15) is 14.4 Å². The van der Waals surface area contributed by atoms with E-state index >= 15 is 0 Å². The van der Waals surface area contributed by atoms with E-state index in [2.05, 4.69) is 13.8 Å². The maximum absolute atomic E-state index is 12.3. The maximum Gasteiger partial charge on any atom is 0.333 e. The Morgan fingerprint density at radius 2 is 1.14 bits per heavy atom. The topological polar surface area (TPSA) is 57.7 Å². The number of nitrogens with zero attached hydrogens (tertiary/aromatic N) is 2. The summed E-state index contributed by atoms with van der Waals surface area (Å²) in [4.78, 5) is 38.5. The second-order valence-electron chi connectivity index (χ2n) is 5.67. The molecule has 0 saturated carbocycles.